The number of aryl methyl sites for hydroxylation is 2. The second-order valence-corrected chi connectivity index (χ2v) is 10.5. The summed E-state index contributed by atoms with van der Waals surface area (Å²) in [5.41, 5.74) is 7.83. The zero-order chi connectivity index (χ0) is 29.1. The van der Waals surface area contributed by atoms with Crippen LogP contribution < -0.4 is 16.6 Å². The number of rotatable bonds is 6. The van der Waals surface area contributed by atoms with E-state index in [2.05, 4.69) is 38.8 Å². The number of nitrogen functional groups attached to an aromatic ring is 1. The van der Waals surface area contributed by atoms with Gasteiger partial charge in [0.1, 0.15) is 5.56 Å². The van der Waals surface area contributed by atoms with Crippen LogP contribution >= 0.6 is 11.3 Å². The van der Waals surface area contributed by atoms with E-state index in [-0.39, 0.29) is 16.9 Å². The van der Waals surface area contributed by atoms with Crippen molar-refractivity contribution in [3.63, 3.8) is 0 Å². The van der Waals surface area contributed by atoms with Crippen LogP contribution in [0, 0.1) is 18.8 Å². The van der Waals surface area contributed by atoms with Gasteiger partial charge in [0.2, 0.25) is 0 Å². The molecule has 0 fully saturated rings. The Morgan fingerprint density at radius 3 is 2.68 bits per heavy atom. The van der Waals surface area contributed by atoms with Crippen LogP contribution in [-0.2, 0) is 7.05 Å². The molecule has 2 aromatic carbocycles. The summed E-state index contributed by atoms with van der Waals surface area (Å²) in [5, 5.41) is 9.26. The third-order valence-electron chi connectivity index (χ3n) is 6.40. The molecule has 204 valence electrons. The van der Waals surface area contributed by atoms with Gasteiger partial charge in [-0.25, -0.2) is 14.7 Å². The predicted molar refractivity (Wildman–Crippen MR) is 164 cm³/mol. The quantitative estimate of drug-likeness (QED) is 0.227. The summed E-state index contributed by atoms with van der Waals surface area (Å²) in [6.45, 7) is 7.36. The number of nitrogens with two attached hydrogens (primary N) is 1. The number of thiazole rings is 1. The van der Waals surface area contributed by atoms with Gasteiger partial charge in [-0.1, -0.05) is 48.9 Å². The van der Waals surface area contributed by atoms with Crippen LogP contribution in [0.15, 0.2) is 83.2 Å². The first-order valence-electron chi connectivity index (χ1n) is 12.8. The number of aromatic nitrogens is 4. The molecule has 0 spiro atoms. The molecule has 0 aliphatic heterocycles. The van der Waals surface area contributed by atoms with Crippen molar-refractivity contribution >= 4 is 45.9 Å². The van der Waals surface area contributed by atoms with E-state index < -0.39 is 11.9 Å². The summed E-state index contributed by atoms with van der Waals surface area (Å²) in [6, 6.07) is 16.2. The minimum absolute atomic E-state index is 0.0479. The van der Waals surface area contributed by atoms with Gasteiger partial charge in [0.15, 0.2) is 11.6 Å². The highest BCUT2D eigenvalue weighted by Gasteiger charge is 2.24. The first kappa shape index (κ1) is 27.3. The topological polar surface area (TPSA) is 120 Å². The van der Waals surface area contributed by atoms with Gasteiger partial charge in [0, 0.05) is 30.2 Å². The molecule has 3 heterocycles. The Bertz CT molecular complexity index is 1940. The molecular weight excluding hydrogens is 534 g/mol. The lowest BCUT2D eigenvalue weighted by Crippen LogP contribution is -2.32. The van der Waals surface area contributed by atoms with Gasteiger partial charge in [-0.2, -0.15) is 5.10 Å². The number of benzene rings is 2. The highest BCUT2D eigenvalue weighted by atomic mass is 32.1. The van der Waals surface area contributed by atoms with Gasteiger partial charge in [-0.15, -0.1) is 11.3 Å². The number of carbonyl (C=O) groups excluding carboxylic acids is 1. The molecule has 0 bridgehead atoms. The van der Waals surface area contributed by atoms with E-state index in [1.54, 1.807) is 17.8 Å². The number of amides is 1. The molecule has 10 heteroatoms. The summed E-state index contributed by atoms with van der Waals surface area (Å²) >= 11 is 1.50. The molecule has 5 rings (SSSR count). The van der Waals surface area contributed by atoms with Crippen LogP contribution in [0.1, 0.15) is 44.5 Å². The second kappa shape index (κ2) is 11.5. The molecule has 0 saturated carbocycles. The lowest BCUT2D eigenvalue weighted by molar-refractivity contribution is 0.0940. The number of anilines is 1. The first-order valence-corrected chi connectivity index (χ1v) is 13.6. The van der Waals surface area contributed by atoms with Gasteiger partial charge in [0.25, 0.3) is 11.5 Å². The largest absolute Gasteiger partial charge is 0.381 e. The van der Waals surface area contributed by atoms with Crippen LogP contribution in [-0.4, -0.2) is 31.5 Å². The predicted octanol–water partition coefficient (Wildman–Crippen LogP) is 4.85. The van der Waals surface area contributed by atoms with E-state index in [1.807, 2.05) is 68.4 Å². The number of para-hydroxylation sites is 1. The van der Waals surface area contributed by atoms with Crippen molar-refractivity contribution in [3.8, 4) is 17.5 Å². The monoisotopic (exact) mass is 561 g/mol. The lowest BCUT2D eigenvalue weighted by atomic mass is 10.0. The third kappa shape index (κ3) is 5.44. The lowest BCUT2D eigenvalue weighted by Gasteiger charge is -2.21. The van der Waals surface area contributed by atoms with Crippen LogP contribution in [0.3, 0.4) is 0 Å². The number of pyridine rings is 1. The number of aliphatic imine (C=N–C) groups is 1. The fourth-order valence-electron chi connectivity index (χ4n) is 4.56. The number of carbonyl (C=O) groups is 1. The van der Waals surface area contributed by atoms with Crippen LogP contribution in [0.5, 0.6) is 0 Å². The van der Waals surface area contributed by atoms with Crippen molar-refractivity contribution in [1.82, 2.24) is 24.6 Å². The molecule has 3 N–H and O–H groups in total. The average molecular weight is 562 g/mol. The van der Waals surface area contributed by atoms with E-state index >= 15 is 0 Å². The molecule has 0 aliphatic carbocycles. The normalized spacial score (nSPS) is 11.8. The van der Waals surface area contributed by atoms with E-state index in [0.29, 0.717) is 33.5 Å². The smallest absolute Gasteiger partial charge is 0.264 e. The fourth-order valence-corrected chi connectivity index (χ4v) is 5.19. The van der Waals surface area contributed by atoms with Gasteiger partial charge in [-0.3, -0.25) is 14.2 Å². The Hall–Kier alpha value is -5.27. The van der Waals surface area contributed by atoms with Crippen molar-refractivity contribution in [2.24, 2.45) is 12.0 Å². The number of allylic oxidation sites excluding steroid dienone is 1. The van der Waals surface area contributed by atoms with Gasteiger partial charge in [0.05, 0.1) is 27.5 Å². The molecule has 0 saturated heterocycles. The number of nitrogens with zero attached hydrogens (tertiary/aromatic N) is 5. The minimum atomic E-state index is -0.592. The van der Waals surface area contributed by atoms with Gasteiger partial charge in [-0.05, 0) is 49.4 Å². The fraction of sp³-hybridized carbons (Fsp3) is 0.129. The number of hydrogen-bond donors (Lipinski definition) is 2. The zero-order valence-electron chi connectivity index (χ0n) is 22.8. The van der Waals surface area contributed by atoms with E-state index in [4.69, 9.17) is 5.73 Å². The second-order valence-electron chi connectivity index (χ2n) is 9.23. The molecule has 1 atom stereocenters. The van der Waals surface area contributed by atoms with E-state index in [1.165, 1.54) is 28.3 Å². The maximum Gasteiger partial charge on any atom is 0.264 e. The summed E-state index contributed by atoms with van der Waals surface area (Å²) in [5.74, 6) is 6.17. The maximum atomic E-state index is 14.2. The van der Waals surface area contributed by atoms with Gasteiger partial charge < -0.3 is 11.1 Å². The van der Waals surface area contributed by atoms with Crippen LogP contribution in [0.25, 0.3) is 16.5 Å². The summed E-state index contributed by atoms with van der Waals surface area (Å²) < 4.78 is 3.04. The molecule has 9 nitrogen and oxygen atoms in total. The molecule has 5 aromatic rings. The molecule has 0 radical (unpaired) electrons. The Kier molecular flexibility index (Phi) is 7.63. The molecule has 41 heavy (non-hydrogen) atoms. The van der Waals surface area contributed by atoms with Crippen molar-refractivity contribution in [3.05, 3.63) is 111 Å². The summed E-state index contributed by atoms with van der Waals surface area (Å²) in [4.78, 5) is 37.0. The van der Waals surface area contributed by atoms with Crippen LogP contribution in [0.2, 0.25) is 0 Å². The number of fused-ring (bicyclic) bond motifs is 1. The van der Waals surface area contributed by atoms with Crippen molar-refractivity contribution in [2.45, 2.75) is 19.9 Å². The SMILES string of the molecule is C=C/C=N\c1c(C(=O)NC(C)c2cc3cccc(C#Cc4cnc(C)s4)c3c(=O)n2-c2ccccc2)c(N)nn1C. The highest BCUT2D eigenvalue weighted by Crippen LogP contribution is 2.27. The summed E-state index contributed by atoms with van der Waals surface area (Å²) in [6.07, 6.45) is 4.69. The molecule has 1 amide bonds. The van der Waals surface area contributed by atoms with Crippen molar-refractivity contribution in [2.75, 3.05) is 5.73 Å². The third-order valence-corrected chi connectivity index (χ3v) is 7.22. The molecular formula is C31H27N7O2S. The Labute approximate surface area is 240 Å². The zero-order valence-corrected chi connectivity index (χ0v) is 23.6. The molecule has 0 aliphatic rings. The molecule has 3 aromatic heterocycles. The van der Waals surface area contributed by atoms with Crippen molar-refractivity contribution in [1.29, 1.82) is 0 Å². The molecule has 1 unspecified atom stereocenters. The van der Waals surface area contributed by atoms with Crippen molar-refractivity contribution < 1.29 is 4.79 Å². The van der Waals surface area contributed by atoms with E-state index in [9.17, 15) is 9.59 Å². The summed E-state index contributed by atoms with van der Waals surface area (Å²) in [7, 11) is 1.65. The highest BCUT2D eigenvalue weighted by molar-refractivity contribution is 7.12. The standard InChI is InChI=1S/C31H27N7O2S/c1-5-16-33-29-27(28(32)36-37(29)4)30(39)35-19(2)25-17-22-11-9-10-21(14-15-24-18-34-20(3)41-24)26(22)31(40)38(25)23-12-7-6-8-13-23/h5-13,16-19H,1H2,2-4H3,(H2,32,36)(H,35,39)/b33-16-. The minimum Gasteiger partial charge on any atom is -0.381 e. The average Bonchev–Trinajstić information content (AvgIpc) is 3.51. The van der Waals surface area contributed by atoms with Gasteiger partial charge >= 0.3 is 0 Å². The Morgan fingerprint density at radius 1 is 1.20 bits per heavy atom. The van der Waals surface area contributed by atoms with E-state index in [0.717, 1.165) is 9.88 Å². The first-order chi connectivity index (χ1) is 19.8. The number of hydrogen-bond acceptors (Lipinski definition) is 7. The maximum absolute atomic E-state index is 14.2. The number of nitrogens with one attached hydrogen (secondary N) is 1. The Balaban J connectivity index is 1.63. The Morgan fingerprint density at radius 2 is 1.98 bits per heavy atom. The van der Waals surface area contributed by atoms with Crippen LogP contribution in [0.4, 0.5) is 11.6 Å².